The maximum Gasteiger partial charge on any atom is 0.316 e. The molecule has 2 N–H and O–H groups in total. The first-order chi connectivity index (χ1) is 12.0. The molecule has 0 radical (unpaired) electrons. The van der Waals surface area contributed by atoms with Gasteiger partial charge in [-0.05, 0) is 42.7 Å². The number of carbonyl (C=O) groups is 3. The largest absolute Gasteiger partial charge is 0.326 e. The van der Waals surface area contributed by atoms with Gasteiger partial charge in [0.25, 0.3) is 0 Å². The van der Waals surface area contributed by atoms with Crippen molar-refractivity contribution in [2.24, 2.45) is 0 Å². The Morgan fingerprint density at radius 1 is 0.960 bits per heavy atom. The van der Waals surface area contributed by atoms with Crippen LogP contribution in [0.1, 0.15) is 18.9 Å². The van der Waals surface area contributed by atoms with Gasteiger partial charge in [-0.25, -0.2) is 0 Å². The Morgan fingerprint density at radius 3 is 2.44 bits per heavy atom. The van der Waals surface area contributed by atoms with Crippen molar-refractivity contribution in [3.8, 4) is 0 Å². The molecule has 1 aliphatic heterocycles. The zero-order valence-corrected chi connectivity index (χ0v) is 13.9. The van der Waals surface area contributed by atoms with Crippen LogP contribution in [-0.4, -0.2) is 24.3 Å². The Bertz CT molecular complexity index is 832. The molecule has 0 spiro atoms. The lowest BCUT2D eigenvalue weighted by Crippen LogP contribution is -2.42. The van der Waals surface area contributed by atoms with Gasteiger partial charge in [0.1, 0.15) is 0 Å². The van der Waals surface area contributed by atoms with Gasteiger partial charge in [-0.2, -0.15) is 0 Å². The summed E-state index contributed by atoms with van der Waals surface area (Å²) in [5.74, 6) is -1.49. The summed E-state index contributed by atoms with van der Waals surface area (Å²) < 4.78 is 0. The Kier molecular flexibility index (Phi) is 4.79. The Balaban J connectivity index is 1.74. The molecule has 0 fully saturated rings. The van der Waals surface area contributed by atoms with Gasteiger partial charge in [-0.15, -0.1) is 0 Å². The van der Waals surface area contributed by atoms with Crippen LogP contribution in [0, 0.1) is 0 Å². The van der Waals surface area contributed by atoms with E-state index in [9.17, 15) is 14.4 Å². The second-order valence-corrected chi connectivity index (χ2v) is 5.91. The monoisotopic (exact) mass is 337 g/mol. The van der Waals surface area contributed by atoms with Gasteiger partial charge in [0.15, 0.2) is 0 Å². The molecular weight excluding hydrogens is 318 g/mol. The minimum absolute atomic E-state index is 0.204. The molecule has 0 aliphatic carbocycles. The van der Waals surface area contributed by atoms with E-state index >= 15 is 0 Å². The molecule has 3 rings (SSSR count). The molecule has 0 unspecified atom stereocenters. The van der Waals surface area contributed by atoms with Crippen LogP contribution in [-0.2, 0) is 20.8 Å². The van der Waals surface area contributed by atoms with E-state index in [0.29, 0.717) is 17.9 Å². The summed E-state index contributed by atoms with van der Waals surface area (Å²) in [6.07, 6.45) is 1.73. The Morgan fingerprint density at radius 2 is 1.68 bits per heavy atom. The number of nitrogens with one attached hydrogen (secondary N) is 2. The predicted octanol–water partition coefficient (Wildman–Crippen LogP) is 2.56. The van der Waals surface area contributed by atoms with Gasteiger partial charge >= 0.3 is 11.8 Å². The van der Waals surface area contributed by atoms with Crippen molar-refractivity contribution >= 4 is 34.8 Å². The van der Waals surface area contributed by atoms with E-state index in [-0.39, 0.29) is 5.91 Å². The molecule has 128 valence electrons. The first-order valence-corrected chi connectivity index (χ1v) is 8.13. The number of hydrogen-bond acceptors (Lipinski definition) is 3. The third kappa shape index (κ3) is 3.85. The maximum atomic E-state index is 12.6. The van der Waals surface area contributed by atoms with Crippen molar-refractivity contribution in [2.75, 3.05) is 22.1 Å². The molecule has 0 bridgehead atoms. The lowest BCUT2D eigenvalue weighted by molar-refractivity contribution is -0.134. The number of benzene rings is 2. The van der Waals surface area contributed by atoms with Crippen molar-refractivity contribution in [1.29, 1.82) is 0 Å². The van der Waals surface area contributed by atoms with Crippen LogP contribution in [0.5, 0.6) is 0 Å². The summed E-state index contributed by atoms with van der Waals surface area (Å²) in [5, 5.41) is 5.24. The van der Waals surface area contributed by atoms with Gasteiger partial charge in [0.2, 0.25) is 5.91 Å². The van der Waals surface area contributed by atoms with E-state index in [1.54, 1.807) is 24.3 Å². The van der Waals surface area contributed by atoms with Crippen LogP contribution < -0.4 is 15.5 Å². The lowest BCUT2D eigenvalue weighted by atomic mass is 10.0. The third-order valence-corrected chi connectivity index (χ3v) is 3.99. The second-order valence-electron chi connectivity index (χ2n) is 5.91. The highest BCUT2D eigenvalue weighted by atomic mass is 16.2. The number of fused-ring (bicyclic) bond motifs is 1. The zero-order chi connectivity index (χ0) is 17.8. The molecule has 6 heteroatoms. The molecule has 1 heterocycles. The first kappa shape index (κ1) is 16.7. The number of amides is 3. The average Bonchev–Trinajstić information content (AvgIpc) is 2.60. The SMILES string of the molecule is CC(=O)Nc1cccc(NC(=O)C(=O)N2CCCc3ccccc32)c1. The lowest BCUT2D eigenvalue weighted by Gasteiger charge is -2.28. The van der Waals surface area contributed by atoms with E-state index in [2.05, 4.69) is 10.6 Å². The average molecular weight is 337 g/mol. The third-order valence-electron chi connectivity index (χ3n) is 3.99. The van der Waals surface area contributed by atoms with Gasteiger partial charge in [-0.1, -0.05) is 24.3 Å². The molecule has 0 saturated carbocycles. The maximum absolute atomic E-state index is 12.6. The number of rotatable bonds is 2. The smallest absolute Gasteiger partial charge is 0.316 e. The molecule has 0 aromatic heterocycles. The van der Waals surface area contributed by atoms with E-state index in [0.717, 1.165) is 24.1 Å². The first-order valence-electron chi connectivity index (χ1n) is 8.13. The zero-order valence-electron chi connectivity index (χ0n) is 13.9. The molecule has 3 amide bonds. The van der Waals surface area contributed by atoms with E-state index in [1.807, 2.05) is 24.3 Å². The second kappa shape index (κ2) is 7.17. The van der Waals surface area contributed by atoms with Gasteiger partial charge < -0.3 is 15.5 Å². The van der Waals surface area contributed by atoms with Crippen molar-refractivity contribution in [3.05, 3.63) is 54.1 Å². The summed E-state index contributed by atoms with van der Waals surface area (Å²) >= 11 is 0. The molecule has 0 atom stereocenters. The molecule has 0 saturated heterocycles. The number of para-hydroxylation sites is 1. The minimum Gasteiger partial charge on any atom is -0.326 e. The highest BCUT2D eigenvalue weighted by molar-refractivity contribution is 6.44. The van der Waals surface area contributed by atoms with Crippen LogP contribution in [0.25, 0.3) is 0 Å². The summed E-state index contributed by atoms with van der Waals surface area (Å²) in [7, 11) is 0. The standard InChI is InChI=1S/C19H19N3O3/c1-13(23)20-15-8-4-9-16(12-15)21-18(24)19(25)22-11-5-7-14-6-2-3-10-17(14)22/h2-4,6,8-10,12H,5,7,11H2,1H3,(H,20,23)(H,21,24). The highest BCUT2D eigenvalue weighted by Gasteiger charge is 2.27. The number of anilines is 3. The Labute approximate surface area is 145 Å². The van der Waals surface area contributed by atoms with E-state index in [1.165, 1.54) is 11.8 Å². The number of nitrogens with zero attached hydrogens (tertiary/aromatic N) is 1. The molecule has 2 aromatic carbocycles. The quantitative estimate of drug-likeness (QED) is 0.827. The minimum atomic E-state index is -0.698. The van der Waals surface area contributed by atoms with Crippen LogP contribution in [0.3, 0.4) is 0 Å². The van der Waals surface area contributed by atoms with Gasteiger partial charge in [0.05, 0.1) is 0 Å². The van der Waals surface area contributed by atoms with Gasteiger partial charge in [0, 0.05) is 30.5 Å². The fourth-order valence-electron chi connectivity index (χ4n) is 2.93. The van der Waals surface area contributed by atoms with Crippen LogP contribution >= 0.6 is 0 Å². The number of hydrogen-bond donors (Lipinski definition) is 2. The Hall–Kier alpha value is -3.15. The number of carbonyl (C=O) groups excluding carboxylic acids is 3. The highest BCUT2D eigenvalue weighted by Crippen LogP contribution is 2.27. The van der Waals surface area contributed by atoms with Crippen LogP contribution in [0.15, 0.2) is 48.5 Å². The van der Waals surface area contributed by atoms with E-state index in [4.69, 9.17) is 0 Å². The van der Waals surface area contributed by atoms with Crippen molar-refractivity contribution in [2.45, 2.75) is 19.8 Å². The molecular formula is C19H19N3O3. The van der Waals surface area contributed by atoms with Crippen molar-refractivity contribution in [3.63, 3.8) is 0 Å². The summed E-state index contributed by atoms with van der Waals surface area (Å²) in [6.45, 7) is 1.93. The number of aryl methyl sites for hydroxylation is 1. The van der Waals surface area contributed by atoms with Crippen LogP contribution in [0.2, 0.25) is 0 Å². The molecule has 25 heavy (non-hydrogen) atoms. The van der Waals surface area contributed by atoms with Crippen LogP contribution in [0.4, 0.5) is 17.1 Å². The molecule has 2 aromatic rings. The predicted molar refractivity (Wildman–Crippen MR) is 96.5 cm³/mol. The molecule has 6 nitrogen and oxygen atoms in total. The topological polar surface area (TPSA) is 78.5 Å². The van der Waals surface area contributed by atoms with E-state index < -0.39 is 11.8 Å². The van der Waals surface area contributed by atoms with Gasteiger partial charge in [-0.3, -0.25) is 14.4 Å². The normalized spacial score (nSPS) is 12.9. The summed E-state index contributed by atoms with van der Waals surface area (Å²) in [4.78, 5) is 37.6. The fourth-order valence-corrected chi connectivity index (χ4v) is 2.93. The van der Waals surface area contributed by atoms with Crippen molar-refractivity contribution in [1.82, 2.24) is 0 Å². The summed E-state index contributed by atoms with van der Waals surface area (Å²) in [5.41, 5.74) is 2.87. The summed E-state index contributed by atoms with van der Waals surface area (Å²) in [6, 6.07) is 14.3. The molecule has 1 aliphatic rings. The van der Waals surface area contributed by atoms with Crippen molar-refractivity contribution < 1.29 is 14.4 Å². The fraction of sp³-hybridized carbons (Fsp3) is 0.211.